The van der Waals surface area contributed by atoms with Crippen LogP contribution >= 0.6 is 0 Å². The molecule has 3 aromatic rings. The molecule has 2 aromatic heterocycles. The van der Waals surface area contributed by atoms with Crippen molar-refractivity contribution in [1.82, 2.24) is 14.8 Å². The van der Waals surface area contributed by atoms with Gasteiger partial charge in [0.15, 0.2) is 5.69 Å². The normalized spacial score (nSPS) is 10.6. The molecule has 0 bridgehead atoms. The standard InChI is InChI=1S/C17H15FN4O/c1-21-11-15(12-7-9-19-10-8-12)16(20-21)17(23)22(2)14-5-3-13(18)4-6-14/h3-11H,1-2H3. The van der Waals surface area contributed by atoms with Crippen LogP contribution in [-0.2, 0) is 7.05 Å². The van der Waals surface area contributed by atoms with E-state index in [4.69, 9.17) is 0 Å². The molecule has 0 aliphatic carbocycles. The fourth-order valence-electron chi connectivity index (χ4n) is 2.33. The minimum Gasteiger partial charge on any atom is -0.310 e. The summed E-state index contributed by atoms with van der Waals surface area (Å²) in [7, 11) is 3.40. The van der Waals surface area contributed by atoms with E-state index in [1.165, 1.54) is 17.0 Å². The molecule has 116 valence electrons. The maximum absolute atomic E-state index is 13.0. The summed E-state index contributed by atoms with van der Waals surface area (Å²) in [5.74, 6) is -0.603. The van der Waals surface area contributed by atoms with Crippen molar-refractivity contribution < 1.29 is 9.18 Å². The number of nitrogens with zero attached hydrogens (tertiary/aromatic N) is 4. The zero-order chi connectivity index (χ0) is 16.4. The third-order valence-electron chi connectivity index (χ3n) is 3.54. The highest BCUT2D eigenvalue weighted by atomic mass is 19.1. The Balaban J connectivity index is 1.98. The molecular weight excluding hydrogens is 295 g/mol. The summed E-state index contributed by atoms with van der Waals surface area (Å²) >= 11 is 0. The number of hydrogen-bond donors (Lipinski definition) is 0. The van der Waals surface area contributed by atoms with Crippen molar-refractivity contribution in [2.24, 2.45) is 7.05 Å². The minimum absolute atomic E-state index is 0.260. The third-order valence-corrected chi connectivity index (χ3v) is 3.54. The van der Waals surface area contributed by atoms with Crippen molar-refractivity contribution in [2.45, 2.75) is 0 Å². The average Bonchev–Trinajstić information content (AvgIpc) is 2.97. The molecule has 0 unspecified atom stereocenters. The maximum atomic E-state index is 13.0. The van der Waals surface area contributed by atoms with E-state index in [1.54, 1.807) is 49.5 Å². The molecule has 2 heterocycles. The van der Waals surface area contributed by atoms with E-state index < -0.39 is 0 Å². The quantitative estimate of drug-likeness (QED) is 0.747. The topological polar surface area (TPSA) is 51.0 Å². The number of rotatable bonds is 3. The number of hydrogen-bond acceptors (Lipinski definition) is 3. The van der Waals surface area contributed by atoms with E-state index in [0.717, 1.165) is 11.1 Å². The highest BCUT2D eigenvalue weighted by Gasteiger charge is 2.21. The molecule has 0 spiro atoms. The number of benzene rings is 1. The lowest BCUT2D eigenvalue weighted by molar-refractivity contribution is 0.0988. The minimum atomic E-state index is -0.343. The van der Waals surface area contributed by atoms with Crippen molar-refractivity contribution in [3.63, 3.8) is 0 Å². The van der Waals surface area contributed by atoms with Crippen LogP contribution in [0.3, 0.4) is 0 Å². The number of aryl methyl sites for hydroxylation is 1. The molecule has 0 fully saturated rings. The smallest absolute Gasteiger partial charge is 0.279 e. The first-order chi connectivity index (χ1) is 11.1. The average molecular weight is 310 g/mol. The van der Waals surface area contributed by atoms with E-state index in [2.05, 4.69) is 10.1 Å². The zero-order valence-electron chi connectivity index (χ0n) is 12.8. The molecule has 5 nitrogen and oxygen atoms in total. The molecule has 0 atom stereocenters. The summed E-state index contributed by atoms with van der Waals surface area (Å²) in [4.78, 5) is 18.2. The van der Waals surface area contributed by atoms with Gasteiger partial charge in [0.05, 0.1) is 0 Å². The van der Waals surface area contributed by atoms with E-state index >= 15 is 0 Å². The molecule has 1 aromatic carbocycles. The van der Waals surface area contributed by atoms with Gasteiger partial charge in [0.2, 0.25) is 0 Å². The van der Waals surface area contributed by atoms with Crippen LogP contribution in [0.5, 0.6) is 0 Å². The van der Waals surface area contributed by atoms with Gasteiger partial charge in [0.25, 0.3) is 5.91 Å². The first-order valence-electron chi connectivity index (χ1n) is 7.04. The lowest BCUT2D eigenvalue weighted by Crippen LogP contribution is -2.27. The van der Waals surface area contributed by atoms with Gasteiger partial charge in [-0.25, -0.2) is 4.39 Å². The Morgan fingerprint density at radius 3 is 2.43 bits per heavy atom. The summed E-state index contributed by atoms with van der Waals surface area (Å²) in [5.41, 5.74) is 2.53. The van der Waals surface area contributed by atoms with E-state index in [9.17, 15) is 9.18 Å². The van der Waals surface area contributed by atoms with Crippen LogP contribution in [0.15, 0.2) is 55.0 Å². The predicted octanol–water partition coefficient (Wildman–Crippen LogP) is 2.90. The summed E-state index contributed by atoms with van der Waals surface area (Å²) in [5, 5.41) is 4.28. The highest BCUT2D eigenvalue weighted by Crippen LogP contribution is 2.24. The summed E-state index contributed by atoms with van der Waals surface area (Å²) < 4.78 is 14.6. The van der Waals surface area contributed by atoms with E-state index in [-0.39, 0.29) is 11.7 Å². The van der Waals surface area contributed by atoms with Crippen molar-refractivity contribution in [3.05, 3.63) is 66.5 Å². The first-order valence-corrected chi connectivity index (χ1v) is 7.04. The molecule has 0 N–H and O–H groups in total. The lowest BCUT2D eigenvalue weighted by Gasteiger charge is -2.16. The lowest BCUT2D eigenvalue weighted by atomic mass is 10.1. The second-order valence-corrected chi connectivity index (χ2v) is 5.14. The highest BCUT2D eigenvalue weighted by molar-refractivity contribution is 6.08. The number of halogens is 1. The molecule has 3 rings (SSSR count). The third kappa shape index (κ3) is 2.96. The van der Waals surface area contributed by atoms with Gasteiger partial charge in [-0.05, 0) is 42.0 Å². The SMILES string of the molecule is CN(C(=O)c1nn(C)cc1-c1ccncc1)c1ccc(F)cc1. The Bertz CT molecular complexity index is 828. The van der Waals surface area contributed by atoms with Gasteiger partial charge in [-0.1, -0.05) is 0 Å². The van der Waals surface area contributed by atoms with Gasteiger partial charge in [-0.3, -0.25) is 14.5 Å². The summed E-state index contributed by atoms with van der Waals surface area (Å²) in [6, 6.07) is 9.41. The molecule has 0 radical (unpaired) electrons. The second-order valence-electron chi connectivity index (χ2n) is 5.14. The van der Waals surface area contributed by atoms with Crippen molar-refractivity contribution in [1.29, 1.82) is 0 Å². The van der Waals surface area contributed by atoms with Crippen LogP contribution < -0.4 is 4.90 Å². The van der Waals surface area contributed by atoms with Crippen LogP contribution in [0, 0.1) is 5.82 Å². The monoisotopic (exact) mass is 310 g/mol. The van der Waals surface area contributed by atoms with Gasteiger partial charge in [-0.15, -0.1) is 0 Å². The number of anilines is 1. The fraction of sp³-hybridized carbons (Fsp3) is 0.118. The fourth-order valence-corrected chi connectivity index (χ4v) is 2.33. The molecular formula is C17H15FN4O. The van der Waals surface area contributed by atoms with Gasteiger partial charge < -0.3 is 4.90 Å². The largest absolute Gasteiger partial charge is 0.310 e. The molecule has 1 amide bonds. The zero-order valence-corrected chi connectivity index (χ0v) is 12.8. The van der Waals surface area contributed by atoms with Gasteiger partial charge in [-0.2, -0.15) is 5.10 Å². The molecule has 6 heteroatoms. The Labute approximate surface area is 133 Å². The van der Waals surface area contributed by atoms with Crippen LogP contribution in [0.25, 0.3) is 11.1 Å². The Morgan fingerprint density at radius 1 is 1.13 bits per heavy atom. The Hall–Kier alpha value is -3.02. The maximum Gasteiger partial charge on any atom is 0.279 e. The Morgan fingerprint density at radius 2 is 1.78 bits per heavy atom. The van der Waals surface area contributed by atoms with Crippen molar-refractivity contribution >= 4 is 11.6 Å². The molecule has 23 heavy (non-hydrogen) atoms. The van der Waals surface area contributed by atoms with E-state index in [1.807, 2.05) is 12.1 Å². The predicted molar refractivity (Wildman–Crippen MR) is 85.6 cm³/mol. The van der Waals surface area contributed by atoms with Crippen molar-refractivity contribution in [3.8, 4) is 11.1 Å². The van der Waals surface area contributed by atoms with Crippen LogP contribution in [0.2, 0.25) is 0 Å². The van der Waals surface area contributed by atoms with E-state index in [0.29, 0.717) is 11.4 Å². The van der Waals surface area contributed by atoms with Crippen LogP contribution in [-0.4, -0.2) is 27.7 Å². The van der Waals surface area contributed by atoms with Crippen LogP contribution in [0.1, 0.15) is 10.5 Å². The molecule has 0 aliphatic heterocycles. The number of amides is 1. The van der Waals surface area contributed by atoms with Crippen LogP contribution in [0.4, 0.5) is 10.1 Å². The van der Waals surface area contributed by atoms with Gasteiger partial charge >= 0.3 is 0 Å². The van der Waals surface area contributed by atoms with Gasteiger partial charge in [0.1, 0.15) is 5.82 Å². The van der Waals surface area contributed by atoms with Crippen molar-refractivity contribution in [2.75, 3.05) is 11.9 Å². The Kier molecular flexibility index (Phi) is 3.89. The number of aromatic nitrogens is 3. The van der Waals surface area contributed by atoms with Gasteiger partial charge in [0, 0.05) is 43.9 Å². The molecule has 0 saturated heterocycles. The number of pyridine rings is 1. The summed E-state index contributed by atoms with van der Waals surface area (Å²) in [6.45, 7) is 0. The first kappa shape index (κ1) is 14.9. The summed E-state index contributed by atoms with van der Waals surface area (Å²) in [6.07, 6.45) is 5.13. The molecule has 0 saturated carbocycles. The molecule has 0 aliphatic rings. The second kappa shape index (κ2) is 6.00. The number of carbonyl (C=O) groups is 1. The number of carbonyl (C=O) groups excluding carboxylic acids is 1.